The van der Waals surface area contributed by atoms with Gasteiger partial charge in [-0.1, -0.05) is 42.5 Å². The zero-order valence-corrected chi connectivity index (χ0v) is 19.2. The minimum atomic E-state index is -0.456. The van der Waals surface area contributed by atoms with Crippen LogP contribution in [0.1, 0.15) is 32.4 Å². The largest absolute Gasteiger partial charge is 0.493 e. The van der Waals surface area contributed by atoms with E-state index in [1.807, 2.05) is 48.5 Å². The van der Waals surface area contributed by atoms with E-state index in [1.54, 1.807) is 42.8 Å². The monoisotopic (exact) mass is 464 g/mol. The summed E-state index contributed by atoms with van der Waals surface area (Å²) < 4.78 is 11.5. The van der Waals surface area contributed by atoms with Crippen LogP contribution in [-0.4, -0.2) is 35.1 Å². The summed E-state index contributed by atoms with van der Waals surface area (Å²) in [4.78, 5) is 25.9. The van der Waals surface area contributed by atoms with Crippen LogP contribution in [0.3, 0.4) is 0 Å². The number of nitrogens with zero attached hydrogens (tertiary/aromatic N) is 2. The molecule has 1 heterocycles. The summed E-state index contributed by atoms with van der Waals surface area (Å²) in [6.07, 6.45) is 0. The average molecular weight is 465 g/mol. The summed E-state index contributed by atoms with van der Waals surface area (Å²) in [5.74, 6) is 1.77. The summed E-state index contributed by atoms with van der Waals surface area (Å²) in [6, 6.07) is 20.1. The molecule has 33 heavy (non-hydrogen) atoms. The van der Waals surface area contributed by atoms with Crippen molar-refractivity contribution < 1.29 is 19.2 Å². The van der Waals surface area contributed by atoms with Gasteiger partial charge < -0.3 is 14.4 Å². The molecular weight excluding hydrogens is 440 g/mol. The molecule has 1 amide bonds. The van der Waals surface area contributed by atoms with Gasteiger partial charge in [-0.3, -0.25) is 14.9 Å². The maximum Gasteiger partial charge on any atom is 0.273 e. The van der Waals surface area contributed by atoms with Crippen LogP contribution in [0.25, 0.3) is 0 Å². The SMILES string of the molecule is COc1ccc(C2SCCN2C(=O)c2ccc(C)c([N+](=O)[O-])c2)cc1OCc1ccccc1. The molecule has 0 bridgehead atoms. The molecule has 3 aromatic carbocycles. The fourth-order valence-corrected chi connectivity index (χ4v) is 5.00. The Labute approximate surface area is 196 Å². The number of carbonyl (C=O) groups is 1. The average Bonchev–Trinajstić information content (AvgIpc) is 3.33. The summed E-state index contributed by atoms with van der Waals surface area (Å²) in [5, 5.41) is 11.1. The number of amides is 1. The molecule has 7 nitrogen and oxygen atoms in total. The molecule has 8 heteroatoms. The molecule has 4 rings (SSSR count). The van der Waals surface area contributed by atoms with E-state index >= 15 is 0 Å². The van der Waals surface area contributed by atoms with Gasteiger partial charge in [-0.15, -0.1) is 11.8 Å². The second-order valence-corrected chi connectivity index (χ2v) is 8.85. The highest BCUT2D eigenvalue weighted by Crippen LogP contribution is 2.42. The number of nitro benzene ring substituents is 1. The Morgan fingerprint density at radius 2 is 1.91 bits per heavy atom. The lowest BCUT2D eigenvalue weighted by atomic mass is 10.1. The maximum atomic E-state index is 13.3. The first-order valence-electron chi connectivity index (χ1n) is 10.5. The van der Waals surface area contributed by atoms with Gasteiger partial charge in [0.2, 0.25) is 0 Å². The fourth-order valence-electron chi connectivity index (χ4n) is 3.75. The lowest BCUT2D eigenvalue weighted by Crippen LogP contribution is -2.30. The van der Waals surface area contributed by atoms with E-state index in [0.717, 1.165) is 16.9 Å². The third kappa shape index (κ3) is 4.96. The molecule has 1 aliphatic rings. The van der Waals surface area contributed by atoms with Crippen molar-refractivity contribution >= 4 is 23.4 Å². The molecule has 0 aromatic heterocycles. The summed E-state index contributed by atoms with van der Waals surface area (Å²) in [7, 11) is 1.59. The van der Waals surface area contributed by atoms with E-state index < -0.39 is 4.92 Å². The van der Waals surface area contributed by atoms with Crippen molar-refractivity contribution in [3.63, 3.8) is 0 Å². The van der Waals surface area contributed by atoms with Crippen molar-refractivity contribution in [2.45, 2.75) is 18.9 Å². The molecule has 0 saturated carbocycles. The molecule has 1 saturated heterocycles. The Morgan fingerprint density at radius 3 is 2.64 bits per heavy atom. The highest BCUT2D eigenvalue weighted by molar-refractivity contribution is 7.99. The van der Waals surface area contributed by atoms with Gasteiger partial charge in [0.25, 0.3) is 11.6 Å². The molecule has 0 spiro atoms. The van der Waals surface area contributed by atoms with Gasteiger partial charge in [0.15, 0.2) is 11.5 Å². The molecule has 1 fully saturated rings. The molecule has 1 unspecified atom stereocenters. The van der Waals surface area contributed by atoms with E-state index in [9.17, 15) is 14.9 Å². The van der Waals surface area contributed by atoms with E-state index in [0.29, 0.717) is 35.8 Å². The highest BCUT2D eigenvalue weighted by Gasteiger charge is 2.32. The van der Waals surface area contributed by atoms with Crippen LogP contribution in [-0.2, 0) is 6.61 Å². The third-order valence-electron chi connectivity index (χ3n) is 5.51. The van der Waals surface area contributed by atoms with Crippen molar-refractivity contribution in [1.82, 2.24) is 4.90 Å². The van der Waals surface area contributed by atoms with Crippen LogP contribution in [0.2, 0.25) is 0 Å². The van der Waals surface area contributed by atoms with Crippen LogP contribution in [0, 0.1) is 17.0 Å². The Kier molecular flexibility index (Phi) is 6.84. The number of thioether (sulfide) groups is 1. The van der Waals surface area contributed by atoms with Gasteiger partial charge in [0.05, 0.1) is 12.0 Å². The molecule has 1 aliphatic heterocycles. The van der Waals surface area contributed by atoms with Gasteiger partial charge in [0.1, 0.15) is 12.0 Å². The van der Waals surface area contributed by atoms with Crippen LogP contribution >= 0.6 is 11.8 Å². The fraction of sp³-hybridized carbons (Fsp3) is 0.240. The number of hydrogen-bond donors (Lipinski definition) is 0. The maximum absolute atomic E-state index is 13.3. The summed E-state index contributed by atoms with van der Waals surface area (Å²) in [5.41, 5.74) is 2.74. The Bertz CT molecular complexity index is 1170. The van der Waals surface area contributed by atoms with Gasteiger partial charge in [-0.25, -0.2) is 0 Å². The van der Waals surface area contributed by atoms with Crippen LogP contribution in [0.4, 0.5) is 5.69 Å². The number of carbonyl (C=O) groups excluding carboxylic acids is 1. The Hall–Kier alpha value is -3.52. The molecule has 0 aliphatic carbocycles. The summed E-state index contributed by atoms with van der Waals surface area (Å²) >= 11 is 1.65. The lowest BCUT2D eigenvalue weighted by molar-refractivity contribution is -0.385. The first-order valence-corrected chi connectivity index (χ1v) is 11.5. The van der Waals surface area contributed by atoms with Crippen LogP contribution in [0.15, 0.2) is 66.7 Å². The lowest BCUT2D eigenvalue weighted by Gasteiger charge is -2.25. The van der Waals surface area contributed by atoms with E-state index in [2.05, 4.69) is 0 Å². The third-order valence-corrected chi connectivity index (χ3v) is 6.78. The number of hydrogen-bond acceptors (Lipinski definition) is 6. The smallest absolute Gasteiger partial charge is 0.273 e. The minimum absolute atomic E-state index is 0.0507. The van der Waals surface area contributed by atoms with Gasteiger partial charge in [-0.05, 0) is 36.2 Å². The van der Waals surface area contributed by atoms with Crippen LogP contribution < -0.4 is 9.47 Å². The number of methoxy groups -OCH3 is 1. The van der Waals surface area contributed by atoms with E-state index in [4.69, 9.17) is 9.47 Å². The first-order chi connectivity index (χ1) is 16.0. The van der Waals surface area contributed by atoms with Crippen molar-refractivity contribution in [2.24, 2.45) is 0 Å². The van der Waals surface area contributed by atoms with E-state index in [1.165, 1.54) is 6.07 Å². The quantitative estimate of drug-likeness (QED) is 0.345. The van der Waals surface area contributed by atoms with Crippen molar-refractivity contribution in [2.75, 3.05) is 19.4 Å². The molecule has 0 radical (unpaired) electrons. The Balaban J connectivity index is 1.58. The van der Waals surface area contributed by atoms with Crippen molar-refractivity contribution in [3.05, 3.63) is 99.1 Å². The highest BCUT2D eigenvalue weighted by atomic mass is 32.2. The number of nitro groups is 1. The second kappa shape index (κ2) is 9.95. The minimum Gasteiger partial charge on any atom is -0.493 e. The van der Waals surface area contributed by atoms with Gasteiger partial charge >= 0.3 is 0 Å². The van der Waals surface area contributed by atoms with Crippen LogP contribution in [0.5, 0.6) is 11.5 Å². The van der Waals surface area contributed by atoms with Gasteiger partial charge in [0, 0.05) is 29.5 Å². The number of benzene rings is 3. The normalized spacial score (nSPS) is 15.3. The molecule has 0 N–H and O–H groups in total. The van der Waals surface area contributed by atoms with Crippen molar-refractivity contribution in [1.29, 1.82) is 0 Å². The number of aryl methyl sites for hydroxylation is 1. The predicted molar refractivity (Wildman–Crippen MR) is 128 cm³/mol. The number of ether oxygens (including phenoxy) is 2. The number of rotatable bonds is 7. The molecule has 3 aromatic rings. The zero-order valence-electron chi connectivity index (χ0n) is 18.4. The molecular formula is C25H24N2O5S. The molecule has 1 atom stereocenters. The molecule has 170 valence electrons. The predicted octanol–water partition coefficient (Wildman–Crippen LogP) is 5.38. The Morgan fingerprint density at radius 1 is 1.12 bits per heavy atom. The standard InChI is InChI=1S/C25H24N2O5S/c1-17-8-9-19(14-21(17)27(29)30)24(28)26-12-13-33-25(26)20-10-11-22(31-2)23(15-20)32-16-18-6-4-3-5-7-18/h3-11,14-15,25H,12-13,16H2,1-2H3. The zero-order chi connectivity index (χ0) is 23.4. The first kappa shape index (κ1) is 22.7. The second-order valence-electron chi connectivity index (χ2n) is 7.66. The van der Waals surface area contributed by atoms with Crippen molar-refractivity contribution in [3.8, 4) is 11.5 Å². The summed E-state index contributed by atoms with van der Waals surface area (Å²) in [6.45, 7) is 2.62. The van der Waals surface area contributed by atoms with E-state index in [-0.39, 0.29) is 17.0 Å². The van der Waals surface area contributed by atoms with Gasteiger partial charge in [-0.2, -0.15) is 0 Å². The topological polar surface area (TPSA) is 81.9 Å².